The highest BCUT2D eigenvalue weighted by atomic mass is 16.5. The zero-order chi connectivity index (χ0) is 20.1. The molecule has 5 heteroatoms. The molecular weight excluding hydrogens is 350 g/mol. The lowest BCUT2D eigenvalue weighted by molar-refractivity contribution is -0.123. The average Bonchev–Trinajstić information content (AvgIpc) is 2.95. The van der Waals surface area contributed by atoms with E-state index in [1.165, 1.54) is 5.56 Å². The van der Waals surface area contributed by atoms with Crippen LogP contribution in [-0.2, 0) is 17.9 Å². The first-order valence-electron chi connectivity index (χ1n) is 9.48. The first-order chi connectivity index (χ1) is 13.5. The summed E-state index contributed by atoms with van der Waals surface area (Å²) >= 11 is 0. The Balaban J connectivity index is 1.58. The maximum Gasteiger partial charge on any atom is 0.258 e. The lowest BCUT2D eigenvalue weighted by atomic mass is 10.1. The van der Waals surface area contributed by atoms with Gasteiger partial charge in [0, 0.05) is 17.8 Å². The topological polar surface area (TPSA) is 56.1 Å². The molecule has 3 rings (SSSR count). The second-order valence-electron chi connectivity index (χ2n) is 7.06. The fourth-order valence-corrected chi connectivity index (χ4v) is 3.16. The molecule has 146 valence electrons. The van der Waals surface area contributed by atoms with Crippen LogP contribution < -0.4 is 10.1 Å². The van der Waals surface area contributed by atoms with Gasteiger partial charge in [-0.05, 0) is 50.5 Å². The Kier molecular flexibility index (Phi) is 6.14. The molecule has 0 saturated carbocycles. The highest BCUT2D eigenvalue weighted by Gasteiger charge is 2.13. The number of hydrogen-bond acceptors (Lipinski definition) is 3. The summed E-state index contributed by atoms with van der Waals surface area (Å²) in [6.07, 6.45) is 0. The van der Waals surface area contributed by atoms with Gasteiger partial charge < -0.3 is 10.1 Å². The first-order valence-corrected chi connectivity index (χ1v) is 9.48. The minimum absolute atomic E-state index is 0.000537. The van der Waals surface area contributed by atoms with E-state index in [4.69, 9.17) is 4.74 Å². The number of carbonyl (C=O) groups excluding carboxylic acids is 1. The number of amides is 1. The molecular formula is C23H27N3O2. The number of hydrogen-bond donors (Lipinski definition) is 1. The molecule has 0 aliphatic heterocycles. The summed E-state index contributed by atoms with van der Waals surface area (Å²) in [7, 11) is 0. The van der Waals surface area contributed by atoms with E-state index in [1.807, 2.05) is 68.8 Å². The van der Waals surface area contributed by atoms with E-state index in [1.54, 1.807) is 0 Å². The van der Waals surface area contributed by atoms with Crippen molar-refractivity contribution in [3.05, 3.63) is 82.2 Å². The van der Waals surface area contributed by atoms with Gasteiger partial charge in [-0.15, -0.1) is 0 Å². The molecule has 1 heterocycles. The summed E-state index contributed by atoms with van der Waals surface area (Å²) < 4.78 is 7.66. The van der Waals surface area contributed by atoms with E-state index in [-0.39, 0.29) is 12.5 Å². The quantitative estimate of drug-likeness (QED) is 0.680. The van der Waals surface area contributed by atoms with Crippen LogP contribution in [0.4, 0.5) is 0 Å². The van der Waals surface area contributed by atoms with Crippen LogP contribution in [0.5, 0.6) is 5.75 Å². The van der Waals surface area contributed by atoms with E-state index in [9.17, 15) is 4.79 Å². The molecule has 0 aliphatic rings. The van der Waals surface area contributed by atoms with Crippen LogP contribution in [0, 0.1) is 27.7 Å². The van der Waals surface area contributed by atoms with Crippen molar-refractivity contribution in [2.24, 2.45) is 0 Å². The molecule has 5 nitrogen and oxygen atoms in total. The minimum atomic E-state index is -0.143. The van der Waals surface area contributed by atoms with E-state index >= 15 is 0 Å². The number of benzene rings is 2. The lowest BCUT2D eigenvalue weighted by Crippen LogP contribution is -2.29. The summed E-state index contributed by atoms with van der Waals surface area (Å²) in [5, 5.41) is 7.58. The lowest BCUT2D eigenvalue weighted by Gasteiger charge is -2.11. The van der Waals surface area contributed by atoms with Crippen LogP contribution in [0.25, 0.3) is 0 Å². The van der Waals surface area contributed by atoms with Crippen LogP contribution in [0.2, 0.25) is 0 Å². The molecule has 0 aliphatic carbocycles. The highest BCUT2D eigenvalue weighted by Crippen LogP contribution is 2.20. The number of nitrogens with one attached hydrogen (secondary N) is 1. The summed E-state index contributed by atoms with van der Waals surface area (Å²) in [6, 6.07) is 16.1. The molecule has 2 aromatic carbocycles. The summed E-state index contributed by atoms with van der Waals surface area (Å²) in [4.78, 5) is 12.2. The minimum Gasteiger partial charge on any atom is -0.483 e. The Bertz CT molecular complexity index is 961. The van der Waals surface area contributed by atoms with Gasteiger partial charge in [-0.3, -0.25) is 9.48 Å². The maximum atomic E-state index is 12.2. The van der Waals surface area contributed by atoms with Crippen molar-refractivity contribution in [2.75, 3.05) is 6.61 Å². The van der Waals surface area contributed by atoms with E-state index in [0.29, 0.717) is 6.54 Å². The van der Waals surface area contributed by atoms with Gasteiger partial charge in [0.2, 0.25) is 0 Å². The molecule has 0 bridgehead atoms. The average molecular weight is 377 g/mol. The molecule has 1 aromatic heterocycles. The van der Waals surface area contributed by atoms with Crippen molar-refractivity contribution >= 4 is 5.91 Å². The van der Waals surface area contributed by atoms with Crippen molar-refractivity contribution in [3.63, 3.8) is 0 Å². The van der Waals surface area contributed by atoms with Gasteiger partial charge in [0.15, 0.2) is 6.61 Å². The summed E-state index contributed by atoms with van der Waals surface area (Å²) in [5.74, 6) is 0.605. The zero-order valence-corrected chi connectivity index (χ0v) is 17.0. The number of aryl methyl sites for hydroxylation is 2. The number of aromatic nitrogens is 2. The van der Waals surface area contributed by atoms with Gasteiger partial charge in [0.25, 0.3) is 5.91 Å². The van der Waals surface area contributed by atoms with Gasteiger partial charge in [0.05, 0.1) is 12.2 Å². The van der Waals surface area contributed by atoms with Crippen LogP contribution in [0.15, 0.2) is 48.5 Å². The van der Waals surface area contributed by atoms with Gasteiger partial charge in [-0.1, -0.05) is 42.5 Å². The standard InChI is InChI=1S/C23H27N3O2/c1-16-9-8-12-22(17(16)2)28-15-23(27)24-13-21-18(3)25-26(19(21)4)14-20-10-6-5-7-11-20/h5-12H,13-15H2,1-4H3,(H,24,27). The van der Waals surface area contributed by atoms with Crippen LogP contribution in [0.1, 0.15) is 33.6 Å². The molecule has 0 spiro atoms. The van der Waals surface area contributed by atoms with Gasteiger partial charge in [0.1, 0.15) is 5.75 Å². The second-order valence-corrected chi connectivity index (χ2v) is 7.06. The largest absolute Gasteiger partial charge is 0.483 e. The van der Waals surface area contributed by atoms with Gasteiger partial charge in [-0.2, -0.15) is 5.10 Å². The molecule has 1 amide bonds. The van der Waals surface area contributed by atoms with Crippen molar-refractivity contribution in [1.82, 2.24) is 15.1 Å². The number of rotatable bonds is 7. The van der Waals surface area contributed by atoms with Gasteiger partial charge >= 0.3 is 0 Å². The molecule has 1 N–H and O–H groups in total. The van der Waals surface area contributed by atoms with E-state index in [0.717, 1.165) is 40.4 Å². The Labute approximate surface area is 166 Å². The first kappa shape index (κ1) is 19.7. The summed E-state index contributed by atoms with van der Waals surface area (Å²) in [6.45, 7) is 9.20. The van der Waals surface area contributed by atoms with Crippen LogP contribution in [0.3, 0.4) is 0 Å². The fourth-order valence-electron chi connectivity index (χ4n) is 3.16. The van der Waals surface area contributed by atoms with Crippen molar-refractivity contribution in [2.45, 2.75) is 40.8 Å². The molecule has 0 saturated heterocycles. The van der Waals surface area contributed by atoms with Crippen LogP contribution >= 0.6 is 0 Å². The van der Waals surface area contributed by atoms with Gasteiger partial charge in [-0.25, -0.2) is 0 Å². The smallest absolute Gasteiger partial charge is 0.258 e. The fraction of sp³-hybridized carbons (Fsp3) is 0.304. The third-order valence-electron chi connectivity index (χ3n) is 5.08. The summed E-state index contributed by atoms with van der Waals surface area (Å²) in [5.41, 5.74) is 6.46. The number of carbonyl (C=O) groups is 1. The normalized spacial score (nSPS) is 10.7. The molecule has 0 radical (unpaired) electrons. The predicted molar refractivity (Wildman–Crippen MR) is 111 cm³/mol. The Morgan fingerprint density at radius 3 is 2.54 bits per heavy atom. The molecule has 28 heavy (non-hydrogen) atoms. The molecule has 0 unspecified atom stereocenters. The third-order valence-corrected chi connectivity index (χ3v) is 5.08. The van der Waals surface area contributed by atoms with E-state index in [2.05, 4.69) is 22.5 Å². The molecule has 3 aromatic rings. The monoisotopic (exact) mass is 377 g/mol. The molecule has 0 atom stereocenters. The van der Waals surface area contributed by atoms with Crippen molar-refractivity contribution in [1.29, 1.82) is 0 Å². The van der Waals surface area contributed by atoms with Crippen molar-refractivity contribution in [3.8, 4) is 5.75 Å². The second kappa shape index (κ2) is 8.74. The number of ether oxygens (including phenoxy) is 1. The highest BCUT2D eigenvalue weighted by molar-refractivity contribution is 5.77. The van der Waals surface area contributed by atoms with Crippen molar-refractivity contribution < 1.29 is 9.53 Å². The van der Waals surface area contributed by atoms with E-state index < -0.39 is 0 Å². The zero-order valence-electron chi connectivity index (χ0n) is 17.0. The van der Waals surface area contributed by atoms with Crippen LogP contribution in [-0.4, -0.2) is 22.3 Å². The Hall–Kier alpha value is -3.08. The Morgan fingerprint density at radius 1 is 1.04 bits per heavy atom. The predicted octanol–water partition coefficient (Wildman–Crippen LogP) is 3.86. The third kappa shape index (κ3) is 4.60. The molecule has 0 fully saturated rings. The maximum absolute atomic E-state index is 12.2. The number of nitrogens with zero attached hydrogens (tertiary/aromatic N) is 2. The Morgan fingerprint density at radius 2 is 1.79 bits per heavy atom. The SMILES string of the molecule is Cc1cccc(OCC(=O)NCc2c(C)nn(Cc3ccccc3)c2C)c1C.